The first kappa shape index (κ1) is 12.2. The first-order chi connectivity index (χ1) is 9.22. The summed E-state index contributed by atoms with van der Waals surface area (Å²) in [7, 11) is 0. The highest BCUT2D eigenvalue weighted by Crippen LogP contribution is 2.23. The lowest BCUT2D eigenvalue weighted by atomic mass is 10.1. The van der Waals surface area contributed by atoms with Crippen molar-refractivity contribution in [2.45, 2.75) is 18.8 Å². The topological polar surface area (TPSA) is 48.2 Å². The Morgan fingerprint density at radius 1 is 1.32 bits per heavy atom. The Bertz CT molecular complexity index is 580. The summed E-state index contributed by atoms with van der Waals surface area (Å²) in [6.45, 7) is 1.26. The predicted octanol–water partition coefficient (Wildman–Crippen LogP) is 2.44. The molecule has 6 heteroatoms. The van der Waals surface area contributed by atoms with E-state index in [1.807, 2.05) is 0 Å². The van der Waals surface area contributed by atoms with Gasteiger partial charge in [-0.05, 0) is 24.6 Å². The van der Waals surface area contributed by atoms with Crippen molar-refractivity contribution in [2.75, 3.05) is 13.2 Å². The Morgan fingerprint density at radius 3 is 3.00 bits per heavy atom. The maximum atomic E-state index is 13.5. The number of nitrogens with zero attached hydrogens (tertiary/aromatic N) is 2. The molecule has 0 saturated carbocycles. The zero-order valence-electron chi connectivity index (χ0n) is 10.1. The van der Waals surface area contributed by atoms with Gasteiger partial charge in [0.2, 0.25) is 5.89 Å². The molecule has 0 bridgehead atoms. The number of benzene rings is 1. The number of hydrogen-bond donors (Lipinski definition) is 0. The van der Waals surface area contributed by atoms with Crippen LogP contribution in [0.25, 0.3) is 0 Å². The van der Waals surface area contributed by atoms with E-state index in [0.717, 1.165) is 24.6 Å². The Hall–Kier alpha value is -1.82. The first-order valence-corrected chi connectivity index (χ1v) is 6.06. The quantitative estimate of drug-likeness (QED) is 0.856. The van der Waals surface area contributed by atoms with Crippen molar-refractivity contribution in [1.82, 2.24) is 10.1 Å². The highest BCUT2D eigenvalue weighted by atomic mass is 19.1. The minimum absolute atomic E-state index is 0.0875. The number of ether oxygens (including phenoxy) is 1. The normalized spacial score (nSPS) is 18.9. The van der Waals surface area contributed by atoms with Crippen LogP contribution in [0.1, 0.15) is 29.6 Å². The Labute approximate surface area is 108 Å². The van der Waals surface area contributed by atoms with E-state index in [1.165, 1.54) is 0 Å². The molecule has 1 aliphatic heterocycles. The van der Waals surface area contributed by atoms with Crippen molar-refractivity contribution in [1.29, 1.82) is 0 Å². The van der Waals surface area contributed by atoms with E-state index >= 15 is 0 Å². The molecular formula is C13H12F2N2O2. The molecule has 0 radical (unpaired) electrons. The highest BCUT2D eigenvalue weighted by molar-refractivity contribution is 5.21. The molecule has 2 aromatic rings. The van der Waals surface area contributed by atoms with Crippen molar-refractivity contribution in [3.63, 3.8) is 0 Å². The van der Waals surface area contributed by atoms with E-state index in [0.29, 0.717) is 19.0 Å². The van der Waals surface area contributed by atoms with Crippen molar-refractivity contribution >= 4 is 0 Å². The van der Waals surface area contributed by atoms with Crippen LogP contribution >= 0.6 is 0 Å². The van der Waals surface area contributed by atoms with E-state index < -0.39 is 11.6 Å². The zero-order chi connectivity index (χ0) is 13.2. The second-order valence-corrected chi connectivity index (χ2v) is 4.52. The van der Waals surface area contributed by atoms with Crippen LogP contribution in [0.15, 0.2) is 22.7 Å². The van der Waals surface area contributed by atoms with Gasteiger partial charge in [-0.1, -0.05) is 5.16 Å². The van der Waals surface area contributed by atoms with E-state index in [1.54, 1.807) is 0 Å². The molecule has 19 heavy (non-hydrogen) atoms. The summed E-state index contributed by atoms with van der Waals surface area (Å²) in [6.07, 6.45) is 0.942. The van der Waals surface area contributed by atoms with Gasteiger partial charge < -0.3 is 9.26 Å². The van der Waals surface area contributed by atoms with E-state index in [4.69, 9.17) is 9.26 Å². The minimum Gasteiger partial charge on any atom is -0.381 e. The molecule has 1 aliphatic rings. The van der Waals surface area contributed by atoms with Crippen LogP contribution in [0.4, 0.5) is 8.78 Å². The van der Waals surface area contributed by atoms with Crippen molar-refractivity contribution in [3.05, 3.63) is 47.1 Å². The number of rotatable bonds is 3. The van der Waals surface area contributed by atoms with Crippen molar-refractivity contribution < 1.29 is 18.0 Å². The van der Waals surface area contributed by atoms with Gasteiger partial charge in [-0.3, -0.25) is 0 Å². The van der Waals surface area contributed by atoms with E-state index in [2.05, 4.69) is 10.1 Å². The Kier molecular flexibility index (Phi) is 3.25. The standard InChI is InChI=1S/C13H12F2N2O2/c14-10-1-2-11(15)9(5-10)6-12-16-13(17-19-12)8-3-4-18-7-8/h1-2,5,8H,3-4,6-7H2. The predicted molar refractivity (Wildman–Crippen MR) is 61.6 cm³/mol. The smallest absolute Gasteiger partial charge is 0.231 e. The fourth-order valence-electron chi connectivity index (χ4n) is 2.09. The molecule has 0 aliphatic carbocycles. The summed E-state index contributed by atoms with van der Waals surface area (Å²) in [5.41, 5.74) is 0.206. The lowest BCUT2D eigenvalue weighted by Crippen LogP contribution is -2.00. The maximum Gasteiger partial charge on any atom is 0.231 e. The van der Waals surface area contributed by atoms with Crippen LogP contribution in [-0.4, -0.2) is 23.4 Å². The molecule has 1 unspecified atom stereocenters. The number of aromatic nitrogens is 2. The van der Waals surface area contributed by atoms with Crippen LogP contribution in [0.5, 0.6) is 0 Å². The summed E-state index contributed by atoms with van der Waals surface area (Å²) in [6, 6.07) is 3.30. The van der Waals surface area contributed by atoms with E-state index in [-0.39, 0.29) is 23.8 Å². The number of halogens is 2. The summed E-state index contributed by atoms with van der Waals surface area (Å²) in [4.78, 5) is 4.21. The summed E-state index contributed by atoms with van der Waals surface area (Å²) < 4.78 is 36.9. The molecule has 1 aromatic heterocycles. The highest BCUT2D eigenvalue weighted by Gasteiger charge is 2.23. The second-order valence-electron chi connectivity index (χ2n) is 4.52. The van der Waals surface area contributed by atoms with Crippen LogP contribution in [0.3, 0.4) is 0 Å². The second kappa shape index (κ2) is 5.05. The molecule has 3 rings (SSSR count). The van der Waals surface area contributed by atoms with Gasteiger partial charge in [0, 0.05) is 18.1 Å². The zero-order valence-corrected chi connectivity index (χ0v) is 10.1. The first-order valence-electron chi connectivity index (χ1n) is 6.06. The monoisotopic (exact) mass is 266 g/mol. The van der Waals surface area contributed by atoms with Gasteiger partial charge >= 0.3 is 0 Å². The lowest BCUT2D eigenvalue weighted by Gasteiger charge is -1.99. The summed E-state index contributed by atoms with van der Waals surface area (Å²) >= 11 is 0. The third-order valence-electron chi connectivity index (χ3n) is 3.13. The Balaban J connectivity index is 1.77. The average Bonchev–Trinajstić information content (AvgIpc) is 3.04. The molecule has 1 fully saturated rings. The number of hydrogen-bond acceptors (Lipinski definition) is 4. The fourth-order valence-corrected chi connectivity index (χ4v) is 2.09. The van der Waals surface area contributed by atoms with Crippen LogP contribution in [0.2, 0.25) is 0 Å². The largest absolute Gasteiger partial charge is 0.381 e. The maximum absolute atomic E-state index is 13.5. The third-order valence-corrected chi connectivity index (χ3v) is 3.13. The van der Waals surface area contributed by atoms with Crippen molar-refractivity contribution in [2.24, 2.45) is 0 Å². The van der Waals surface area contributed by atoms with Gasteiger partial charge in [-0.15, -0.1) is 0 Å². The van der Waals surface area contributed by atoms with E-state index in [9.17, 15) is 8.78 Å². The van der Waals surface area contributed by atoms with Crippen molar-refractivity contribution in [3.8, 4) is 0 Å². The fraction of sp³-hybridized carbons (Fsp3) is 0.385. The molecule has 1 saturated heterocycles. The average molecular weight is 266 g/mol. The van der Waals surface area contributed by atoms with Crippen LogP contribution in [-0.2, 0) is 11.2 Å². The molecule has 1 aromatic carbocycles. The lowest BCUT2D eigenvalue weighted by molar-refractivity contribution is 0.192. The molecule has 2 heterocycles. The van der Waals surface area contributed by atoms with Gasteiger partial charge in [0.15, 0.2) is 5.82 Å². The van der Waals surface area contributed by atoms with Crippen LogP contribution < -0.4 is 0 Å². The minimum atomic E-state index is -0.486. The van der Waals surface area contributed by atoms with Gasteiger partial charge in [-0.25, -0.2) is 8.78 Å². The van der Waals surface area contributed by atoms with Gasteiger partial charge in [0.05, 0.1) is 13.0 Å². The molecular weight excluding hydrogens is 254 g/mol. The molecule has 100 valence electrons. The van der Waals surface area contributed by atoms with Gasteiger partial charge in [0.1, 0.15) is 11.6 Å². The molecule has 0 spiro atoms. The molecule has 1 atom stereocenters. The third kappa shape index (κ3) is 2.63. The van der Waals surface area contributed by atoms with Gasteiger partial charge in [-0.2, -0.15) is 4.98 Å². The summed E-state index contributed by atoms with van der Waals surface area (Å²) in [5, 5.41) is 3.86. The SMILES string of the molecule is Fc1ccc(F)c(Cc2nc(C3CCOC3)no2)c1. The summed E-state index contributed by atoms with van der Waals surface area (Å²) in [5.74, 6) is 0.0243. The van der Waals surface area contributed by atoms with Crippen LogP contribution in [0, 0.1) is 11.6 Å². The Morgan fingerprint density at radius 2 is 2.21 bits per heavy atom. The molecule has 4 nitrogen and oxygen atoms in total. The molecule has 0 amide bonds. The molecule has 0 N–H and O–H groups in total. The van der Waals surface area contributed by atoms with Gasteiger partial charge in [0.25, 0.3) is 0 Å².